The molecule has 5 heteroatoms. The molecular formula is C14H10F2N2O. The molecule has 0 aliphatic heterocycles. The molecule has 0 unspecified atom stereocenters. The van der Waals surface area contributed by atoms with E-state index < -0.39 is 11.6 Å². The zero-order valence-electron chi connectivity index (χ0n) is 9.88. The van der Waals surface area contributed by atoms with Gasteiger partial charge < -0.3 is 9.14 Å². The van der Waals surface area contributed by atoms with Gasteiger partial charge in [0.05, 0.1) is 11.8 Å². The number of hydrogen-bond donors (Lipinski definition) is 0. The molecule has 0 atom stereocenters. The topological polar surface area (TPSA) is 26.5 Å². The molecule has 0 aliphatic carbocycles. The number of imidazole rings is 1. The maximum atomic E-state index is 13.4. The number of rotatable bonds is 3. The van der Waals surface area contributed by atoms with Crippen LogP contribution in [-0.4, -0.2) is 9.38 Å². The van der Waals surface area contributed by atoms with Gasteiger partial charge in [-0.25, -0.2) is 8.78 Å². The average Bonchev–Trinajstić information content (AvgIpc) is 2.81. The van der Waals surface area contributed by atoms with Crippen molar-refractivity contribution in [2.24, 2.45) is 0 Å². The van der Waals surface area contributed by atoms with Crippen LogP contribution >= 0.6 is 0 Å². The Bertz CT molecular complexity index is 671. The average molecular weight is 260 g/mol. The smallest absolute Gasteiger partial charge is 0.232 e. The number of ether oxygens (including phenoxy) is 1. The summed E-state index contributed by atoms with van der Waals surface area (Å²) >= 11 is 0. The zero-order valence-corrected chi connectivity index (χ0v) is 9.88. The van der Waals surface area contributed by atoms with E-state index in [0.29, 0.717) is 11.5 Å². The van der Waals surface area contributed by atoms with Crippen molar-refractivity contribution in [3.8, 4) is 5.88 Å². The zero-order chi connectivity index (χ0) is 13.2. The molecule has 0 radical (unpaired) electrons. The van der Waals surface area contributed by atoms with Crippen LogP contribution in [0, 0.1) is 11.6 Å². The first-order chi connectivity index (χ1) is 9.24. The lowest BCUT2D eigenvalue weighted by Crippen LogP contribution is -2.01. The van der Waals surface area contributed by atoms with E-state index in [-0.39, 0.29) is 12.2 Å². The highest BCUT2D eigenvalue weighted by molar-refractivity contribution is 5.41. The van der Waals surface area contributed by atoms with Crippen LogP contribution in [0.1, 0.15) is 5.56 Å². The Labute approximate surface area is 108 Å². The van der Waals surface area contributed by atoms with Crippen molar-refractivity contribution in [3.63, 3.8) is 0 Å². The number of hydrogen-bond acceptors (Lipinski definition) is 2. The molecule has 0 aliphatic rings. The number of nitrogens with zero attached hydrogens (tertiary/aromatic N) is 2. The predicted molar refractivity (Wildman–Crippen MR) is 65.9 cm³/mol. The molecule has 96 valence electrons. The second kappa shape index (κ2) is 4.68. The molecule has 2 heterocycles. The summed E-state index contributed by atoms with van der Waals surface area (Å²) in [4.78, 5) is 4.18. The van der Waals surface area contributed by atoms with Crippen molar-refractivity contribution < 1.29 is 13.5 Å². The second-order valence-corrected chi connectivity index (χ2v) is 4.03. The van der Waals surface area contributed by atoms with Crippen LogP contribution < -0.4 is 4.74 Å². The Kier molecular flexibility index (Phi) is 2.87. The maximum absolute atomic E-state index is 13.4. The minimum Gasteiger partial charge on any atom is -0.471 e. The van der Waals surface area contributed by atoms with Crippen molar-refractivity contribution >= 4 is 5.65 Å². The molecule has 2 aromatic heterocycles. The Morgan fingerprint density at radius 2 is 1.84 bits per heavy atom. The van der Waals surface area contributed by atoms with Gasteiger partial charge in [0.25, 0.3) is 0 Å². The molecule has 19 heavy (non-hydrogen) atoms. The SMILES string of the molecule is Fc1cccc(F)c1COc1cn2ccccc2n1. The van der Waals surface area contributed by atoms with Crippen molar-refractivity contribution in [1.29, 1.82) is 0 Å². The van der Waals surface area contributed by atoms with Gasteiger partial charge in [0.1, 0.15) is 23.9 Å². The summed E-state index contributed by atoms with van der Waals surface area (Å²) in [7, 11) is 0. The summed E-state index contributed by atoms with van der Waals surface area (Å²) in [5.41, 5.74) is 0.617. The summed E-state index contributed by atoms with van der Waals surface area (Å²) in [5, 5.41) is 0. The molecular weight excluding hydrogens is 250 g/mol. The summed E-state index contributed by atoms with van der Waals surface area (Å²) < 4.78 is 33.9. The molecule has 0 fully saturated rings. The molecule has 0 spiro atoms. The quantitative estimate of drug-likeness (QED) is 0.723. The molecule has 3 nitrogen and oxygen atoms in total. The Morgan fingerprint density at radius 3 is 2.58 bits per heavy atom. The maximum Gasteiger partial charge on any atom is 0.232 e. The van der Waals surface area contributed by atoms with Crippen LogP contribution in [0.15, 0.2) is 48.8 Å². The molecule has 0 amide bonds. The van der Waals surface area contributed by atoms with Gasteiger partial charge >= 0.3 is 0 Å². The summed E-state index contributed by atoms with van der Waals surface area (Å²) in [5.74, 6) is -0.915. The number of aromatic nitrogens is 2. The first-order valence-corrected chi connectivity index (χ1v) is 5.73. The van der Waals surface area contributed by atoms with E-state index in [1.807, 2.05) is 24.4 Å². The second-order valence-electron chi connectivity index (χ2n) is 4.03. The van der Waals surface area contributed by atoms with E-state index >= 15 is 0 Å². The van der Waals surface area contributed by atoms with Gasteiger partial charge in [-0.05, 0) is 24.3 Å². The minimum atomic E-state index is -0.622. The van der Waals surface area contributed by atoms with E-state index in [4.69, 9.17) is 4.74 Å². The molecule has 0 N–H and O–H groups in total. The third-order valence-corrected chi connectivity index (χ3v) is 2.77. The van der Waals surface area contributed by atoms with Crippen LogP contribution in [0.4, 0.5) is 8.78 Å². The summed E-state index contributed by atoms with van der Waals surface area (Å²) in [6.07, 6.45) is 3.48. The molecule has 0 saturated heterocycles. The summed E-state index contributed by atoms with van der Waals surface area (Å²) in [6, 6.07) is 9.24. The van der Waals surface area contributed by atoms with E-state index in [2.05, 4.69) is 4.98 Å². The van der Waals surface area contributed by atoms with E-state index in [9.17, 15) is 8.78 Å². The Morgan fingerprint density at radius 1 is 1.05 bits per heavy atom. The fourth-order valence-electron chi connectivity index (χ4n) is 1.80. The lowest BCUT2D eigenvalue weighted by atomic mass is 10.2. The Hall–Kier alpha value is -2.43. The molecule has 0 bridgehead atoms. The largest absolute Gasteiger partial charge is 0.471 e. The molecule has 3 rings (SSSR count). The number of pyridine rings is 1. The Balaban J connectivity index is 1.82. The first-order valence-electron chi connectivity index (χ1n) is 5.73. The highest BCUT2D eigenvalue weighted by Gasteiger charge is 2.10. The molecule has 1 aromatic carbocycles. The van der Waals surface area contributed by atoms with Crippen LogP contribution in [0.3, 0.4) is 0 Å². The normalized spacial score (nSPS) is 10.8. The number of halogens is 2. The van der Waals surface area contributed by atoms with Gasteiger partial charge in [-0.2, -0.15) is 4.98 Å². The first kappa shape index (κ1) is 11.6. The predicted octanol–water partition coefficient (Wildman–Crippen LogP) is 3.19. The molecule has 0 saturated carbocycles. The monoisotopic (exact) mass is 260 g/mol. The lowest BCUT2D eigenvalue weighted by Gasteiger charge is -2.05. The highest BCUT2D eigenvalue weighted by Crippen LogP contribution is 2.17. The fourth-order valence-corrected chi connectivity index (χ4v) is 1.80. The van der Waals surface area contributed by atoms with Crippen molar-refractivity contribution in [2.45, 2.75) is 6.61 Å². The number of benzene rings is 1. The van der Waals surface area contributed by atoms with Gasteiger partial charge in [0.2, 0.25) is 5.88 Å². The van der Waals surface area contributed by atoms with Crippen molar-refractivity contribution in [1.82, 2.24) is 9.38 Å². The van der Waals surface area contributed by atoms with Crippen molar-refractivity contribution in [2.75, 3.05) is 0 Å². The molecule has 3 aromatic rings. The van der Waals surface area contributed by atoms with Gasteiger partial charge in [-0.3, -0.25) is 0 Å². The van der Waals surface area contributed by atoms with E-state index in [1.165, 1.54) is 18.2 Å². The van der Waals surface area contributed by atoms with E-state index in [1.54, 1.807) is 10.6 Å². The standard InChI is InChI=1S/C14H10F2N2O/c15-11-4-3-5-12(16)10(11)9-19-14-8-18-7-2-1-6-13(18)17-14/h1-8H,9H2. The van der Waals surface area contributed by atoms with Gasteiger partial charge in [0, 0.05) is 6.20 Å². The summed E-state index contributed by atoms with van der Waals surface area (Å²) in [6.45, 7) is -0.192. The fraction of sp³-hybridized carbons (Fsp3) is 0.0714. The van der Waals surface area contributed by atoms with Gasteiger partial charge in [0.15, 0.2) is 0 Å². The van der Waals surface area contributed by atoms with Gasteiger partial charge in [-0.15, -0.1) is 0 Å². The third-order valence-electron chi connectivity index (χ3n) is 2.77. The lowest BCUT2D eigenvalue weighted by molar-refractivity contribution is 0.283. The third kappa shape index (κ3) is 2.27. The minimum absolute atomic E-state index is 0.0976. The van der Waals surface area contributed by atoms with Crippen LogP contribution in [-0.2, 0) is 6.61 Å². The van der Waals surface area contributed by atoms with E-state index in [0.717, 1.165) is 0 Å². The van der Waals surface area contributed by atoms with Gasteiger partial charge in [-0.1, -0.05) is 12.1 Å². The highest BCUT2D eigenvalue weighted by atomic mass is 19.1. The van der Waals surface area contributed by atoms with Crippen molar-refractivity contribution in [3.05, 3.63) is 66.0 Å². The van der Waals surface area contributed by atoms with Crippen LogP contribution in [0.25, 0.3) is 5.65 Å². The van der Waals surface area contributed by atoms with Crippen LogP contribution in [0.2, 0.25) is 0 Å². The number of fused-ring (bicyclic) bond motifs is 1. The van der Waals surface area contributed by atoms with Crippen LogP contribution in [0.5, 0.6) is 5.88 Å².